The van der Waals surface area contributed by atoms with Crippen molar-refractivity contribution in [3.8, 4) is 0 Å². The van der Waals surface area contributed by atoms with Crippen LogP contribution < -0.4 is 0 Å². The smallest absolute Gasteiger partial charge is 0.0249 e. The first-order valence-electron chi connectivity index (χ1n) is 4.75. The van der Waals surface area contributed by atoms with E-state index in [1.165, 1.54) is 25.9 Å². The van der Waals surface area contributed by atoms with Crippen molar-refractivity contribution in [3.05, 3.63) is 12.2 Å². The maximum Gasteiger partial charge on any atom is 0.0249 e. The van der Waals surface area contributed by atoms with Crippen LogP contribution in [0.3, 0.4) is 0 Å². The fourth-order valence-electron chi connectivity index (χ4n) is 1.60. The molecule has 64 valence electrons. The average molecular weight is 153 g/mol. The number of rotatable bonds is 3. The Labute approximate surface area is 70.1 Å². The van der Waals surface area contributed by atoms with Crippen LogP contribution >= 0.6 is 0 Å². The monoisotopic (exact) mass is 153 g/mol. The van der Waals surface area contributed by atoms with Crippen molar-refractivity contribution in [3.63, 3.8) is 0 Å². The molecule has 1 heteroatoms. The van der Waals surface area contributed by atoms with E-state index in [4.69, 9.17) is 0 Å². The summed E-state index contributed by atoms with van der Waals surface area (Å²) in [5, 5.41) is 0. The van der Waals surface area contributed by atoms with E-state index in [0.29, 0.717) is 6.04 Å². The lowest BCUT2D eigenvalue weighted by Crippen LogP contribution is -2.28. The van der Waals surface area contributed by atoms with Gasteiger partial charge in [-0.1, -0.05) is 19.1 Å². The fourth-order valence-corrected chi connectivity index (χ4v) is 1.60. The van der Waals surface area contributed by atoms with Gasteiger partial charge in [-0.3, -0.25) is 4.90 Å². The van der Waals surface area contributed by atoms with Crippen molar-refractivity contribution < 1.29 is 0 Å². The van der Waals surface area contributed by atoms with Crippen LogP contribution in [-0.2, 0) is 0 Å². The molecule has 1 aliphatic heterocycles. The molecule has 1 unspecified atom stereocenters. The van der Waals surface area contributed by atoms with Crippen LogP contribution in [0.25, 0.3) is 0 Å². The second kappa shape index (κ2) is 4.55. The molecule has 0 amide bonds. The molecule has 1 heterocycles. The molecule has 0 saturated carbocycles. The molecule has 1 fully saturated rings. The summed E-state index contributed by atoms with van der Waals surface area (Å²) in [6, 6.07) is 0.664. The van der Waals surface area contributed by atoms with E-state index < -0.39 is 0 Å². The van der Waals surface area contributed by atoms with Gasteiger partial charge in [0.2, 0.25) is 0 Å². The molecule has 0 aromatic rings. The molecule has 1 saturated heterocycles. The topological polar surface area (TPSA) is 3.24 Å². The zero-order valence-corrected chi connectivity index (χ0v) is 7.71. The van der Waals surface area contributed by atoms with Gasteiger partial charge in [-0.2, -0.15) is 0 Å². The summed E-state index contributed by atoms with van der Waals surface area (Å²) >= 11 is 0. The third-order valence-electron chi connectivity index (χ3n) is 2.37. The molecular weight excluding hydrogens is 134 g/mol. The highest BCUT2D eigenvalue weighted by molar-refractivity contribution is 4.92. The minimum atomic E-state index is 0.664. The van der Waals surface area contributed by atoms with Gasteiger partial charge in [-0.05, 0) is 39.3 Å². The summed E-state index contributed by atoms with van der Waals surface area (Å²) in [5.41, 5.74) is 0. The van der Waals surface area contributed by atoms with Crippen LogP contribution in [-0.4, -0.2) is 24.0 Å². The first kappa shape index (κ1) is 8.79. The molecule has 11 heavy (non-hydrogen) atoms. The van der Waals surface area contributed by atoms with E-state index in [0.717, 1.165) is 6.42 Å². The second-order valence-electron chi connectivity index (χ2n) is 3.32. The lowest BCUT2D eigenvalue weighted by Gasteiger charge is -2.20. The largest absolute Gasteiger partial charge is 0.297 e. The molecule has 0 aliphatic carbocycles. The summed E-state index contributed by atoms with van der Waals surface area (Å²) in [6.45, 7) is 7.08. The minimum absolute atomic E-state index is 0.664. The Morgan fingerprint density at radius 3 is 2.55 bits per heavy atom. The molecule has 0 aromatic carbocycles. The third kappa shape index (κ3) is 2.66. The molecule has 1 atom stereocenters. The van der Waals surface area contributed by atoms with Gasteiger partial charge in [0.1, 0.15) is 0 Å². The van der Waals surface area contributed by atoms with Crippen LogP contribution in [0.5, 0.6) is 0 Å². The standard InChI is InChI=1S/C10H19N/c1-3-4-7-10(2)11-8-5-6-9-11/h4,7,10H,3,5-6,8-9H2,1-2H3. The predicted molar refractivity (Wildman–Crippen MR) is 49.7 cm³/mol. The van der Waals surface area contributed by atoms with Gasteiger partial charge in [-0.25, -0.2) is 0 Å². The van der Waals surface area contributed by atoms with Gasteiger partial charge in [0.15, 0.2) is 0 Å². The SMILES string of the molecule is CCC=CC(C)N1CCCC1. The molecule has 0 N–H and O–H groups in total. The Balaban J connectivity index is 2.27. The Kier molecular flexibility index (Phi) is 3.64. The Morgan fingerprint density at radius 2 is 2.00 bits per heavy atom. The molecule has 0 aromatic heterocycles. The van der Waals surface area contributed by atoms with E-state index in [-0.39, 0.29) is 0 Å². The first-order valence-corrected chi connectivity index (χ1v) is 4.75. The van der Waals surface area contributed by atoms with Crippen molar-refractivity contribution in [2.75, 3.05) is 13.1 Å². The highest BCUT2D eigenvalue weighted by Gasteiger charge is 2.14. The molecule has 1 nitrogen and oxygen atoms in total. The molecule has 0 spiro atoms. The van der Waals surface area contributed by atoms with Crippen LogP contribution in [0.4, 0.5) is 0 Å². The van der Waals surface area contributed by atoms with Gasteiger partial charge in [0, 0.05) is 6.04 Å². The number of likely N-dealkylation sites (tertiary alicyclic amines) is 1. The quantitative estimate of drug-likeness (QED) is 0.563. The summed E-state index contributed by atoms with van der Waals surface area (Å²) in [5.74, 6) is 0. The van der Waals surface area contributed by atoms with Gasteiger partial charge in [-0.15, -0.1) is 0 Å². The lowest BCUT2D eigenvalue weighted by atomic mass is 10.2. The van der Waals surface area contributed by atoms with Crippen LogP contribution in [0.1, 0.15) is 33.1 Å². The van der Waals surface area contributed by atoms with Crippen LogP contribution in [0, 0.1) is 0 Å². The molecule has 1 rings (SSSR count). The van der Waals surface area contributed by atoms with Gasteiger partial charge in [0.05, 0.1) is 0 Å². The van der Waals surface area contributed by atoms with E-state index in [1.54, 1.807) is 0 Å². The Bertz CT molecular complexity index is 123. The predicted octanol–water partition coefficient (Wildman–Crippen LogP) is 2.44. The van der Waals surface area contributed by atoms with Crippen molar-refractivity contribution >= 4 is 0 Å². The highest BCUT2D eigenvalue weighted by atomic mass is 15.2. The van der Waals surface area contributed by atoms with Crippen molar-refractivity contribution in [1.82, 2.24) is 4.90 Å². The first-order chi connectivity index (χ1) is 5.34. The summed E-state index contributed by atoms with van der Waals surface area (Å²) in [4.78, 5) is 2.55. The lowest BCUT2D eigenvalue weighted by molar-refractivity contribution is 0.300. The summed E-state index contributed by atoms with van der Waals surface area (Å²) < 4.78 is 0. The molecule has 0 bridgehead atoms. The van der Waals surface area contributed by atoms with Crippen molar-refractivity contribution in [2.24, 2.45) is 0 Å². The van der Waals surface area contributed by atoms with E-state index in [1.807, 2.05) is 0 Å². The highest BCUT2D eigenvalue weighted by Crippen LogP contribution is 2.11. The average Bonchev–Trinajstić information content (AvgIpc) is 2.52. The Morgan fingerprint density at radius 1 is 1.36 bits per heavy atom. The molecular formula is C10H19N. The van der Waals surface area contributed by atoms with Crippen molar-refractivity contribution in [1.29, 1.82) is 0 Å². The maximum absolute atomic E-state index is 2.55. The van der Waals surface area contributed by atoms with E-state index in [9.17, 15) is 0 Å². The zero-order chi connectivity index (χ0) is 8.10. The third-order valence-corrected chi connectivity index (χ3v) is 2.37. The second-order valence-corrected chi connectivity index (χ2v) is 3.32. The molecule has 1 aliphatic rings. The Hall–Kier alpha value is -0.300. The van der Waals surface area contributed by atoms with Crippen LogP contribution in [0.15, 0.2) is 12.2 Å². The minimum Gasteiger partial charge on any atom is -0.297 e. The maximum atomic E-state index is 2.55. The summed E-state index contributed by atoms with van der Waals surface area (Å²) in [7, 11) is 0. The van der Waals surface area contributed by atoms with Crippen LogP contribution in [0.2, 0.25) is 0 Å². The van der Waals surface area contributed by atoms with Gasteiger partial charge < -0.3 is 0 Å². The van der Waals surface area contributed by atoms with E-state index >= 15 is 0 Å². The van der Waals surface area contributed by atoms with Gasteiger partial charge in [0.25, 0.3) is 0 Å². The van der Waals surface area contributed by atoms with Gasteiger partial charge >= 0.3 is 0 Å². The number of nitrogens with zero attached hydrogens (tertiary/aromatic N) is 1. The van der Waals surface area contributed by atoms with E-state index in [2.05, 4.69) is 30.9 Å². The normalized spacial score (nSPS) is 23.1. The summed E-state index contributed by atoms with van der Waals surface area (Å²) in [6.07, 6.45) is 8.54. The number of hydrogen-bond acceptors (Lipinski definition) is 1. The number of allylic oxidation sites excluding steroid dienone is 1. The number of hydrogen-bond donors (Lipinski definition) is 0. The molecule has 0 radical (unpaired) electrons. The fraction of sp³-hybridized carbons (Fsp3) is 0.800. The zero-order valence-electron chi connectivity index (χ0n) is 7.71. The van der Waals surface area contributed by atoms with Crippen molar-refractivity contribution in [2.45, 2.75) is 39.2 Å².